The zero-order valence-corrected chi connectivity index (χ0v) is 14.7. The number of hydrogen-bond acceptors (Lipinski definition) is 4. The van der Waals surface area contributed by atoms with Crippen molar-refractivity contribution in [2.24, 2.45) is 0 Å². The van der Waals surface area contributed by atoms with E-state index in [-0.39, 0.29) is 12.5 Å². The predicted octanol–water partition coefficient (Wildman–Crippen LogP) is 3.81. The molecule has 1 amide bonds. The van der Waals surface area contributed by atoms with E-state index in [1.54, 1.807) is 25.4 Å². The van der Waals surface area contributed by atoms with Gasteiger partial charge in [0.2, 0.25) is 0 Å². The summed E-state index contributed by atoms with van der Waals surface area (Å²) in [5.74, 6) is 0.529. The van der Waals surface area contributed by atoms with Crippen molar-refractivity contribution in [3.05, 3.63) is 77.6 Å². The summed E-state index contributed by atoms with van der Waals surface area (Å²) in [4.78, 5) is 16.8. The molecule has 26 heavy (non-hydrogen) atoms. The number of anilines is 1. The summed E-state index contributed by atoms with van der Waals surface area (Å²) in [6.45, 7) is 1.83. The lowest BCUT2D eigenvalue weighted by molar-refractivity contribution is 0.102. The summed E-state index contributed by atoms with van der Waals surface area (Å²) < 4.78 is 5.17. The van der Waals surface area contributed by atoms with Crippen LogP contribution in [0.5, 0.6) is 5.75 Å². The fourth-order valence-electron chi connectivity index (χ4n) is 2.60. The van der Waals surface area contributed by atoms with Gasteiger partial charge in [0.05, 0.1) is 19.3 Å². The lowest BCUT2D eigenvalue weighted by Gasteiger charge is -2.11. The van der Waals surface area contributed by atoms with Gasteiger partial charge in [-0.05, 0) is 47.9 Å². The van der Waals surface area contributed by atoms with Crippen molar-refractivity contribution in [3.63, 3.8) is 0 Å². The Labute approximate surface area is 152 Å². The van der Waals surface area contributed by atoms with Gasteiger partial charge in [0.15, 0.2) is 0 Å². The number of aromatic nitrogens is 1. The van der Waals surface area contributed by atoms with Crippen molar-refractivity contribution in [3.8, 4) is 16.9 Å². The molecule has 0 saturated carbocycles. The fourth-order valence-corrected chi connectivity index (χ4v) is 2.60. The average molecular weight is 348 g/mol. The SMILES string of the molecule is COc1ccc(-c2cncc(C(=O)Nc3cc(CO)ccc3C)c2)cc1. The molecule has 1 aromatic heterocycles. The number of aliphatic hydroxyl groups excluding tert-OH is 1. The van der Waals surface area contributed by atoms with E-state index in [1.807, 2.05) is 43.3 Å². The molecular formula is C21H20N2O3. The quantitative estimate of drug-likeness (QED) is 0.735. The Kier molecular flexibility index (Phi) is 5.29. The average Bonchev–Trinajstić information content (AvgIpc) is 2.69. The highest BCUT2D eigenvalue weighted by Crippen LogP contribution is 2.23. The highest BCUT2D eigenvalue weighted by atomic mass is 16.5. The molecule has 0 saturated heterocycles. The number of pyridine rings is 1. The number of nitrogens with one attached hydrogen (secondary N) is 1. The minimum atomic E-state index is -0.244. The third-order valence-electron chi connectivity index (χ3n) is 4.16. The number of nitrogens with zero attached hydrogens (tertiary/aromatic N) is 1. The lowest BCUT2D eigenvalue weighted by atomic mass is 10.1. The summed E-state index contributed by atoms with van der Waals surface area (Å²) >= 11 is 0. The first-order valence-electron chi connectivity index (χ1n) is 8.22. The van der Waals surface area contributed by atoms with Crippen LogP contribution in [0.15, 0.2) is 60.9 Å². The molecular weight excluding hydrogens is 328 g/mol. The van der Waals surface area contributed by atoms with E-state index < -0.39 is 0 Å². The van der Waals surface area contributed by atoms with Crippen LogP contribution in [-0.2, 0) is 6.61 Å². The number of rotatable bonds is 5. The Morgan fingerprint density at radius 2 is 1.85 bits per heavy atom. The fraction of sp³-hybridized carbons (Fsp3) is 0.143. The molecule has 0 aliphatic carbocycles. The summed E-state index contributed by atoms with van der Waals surface area (Å²) in [6.07, 6.45) is 3.25. The minimum Gasteiger partial charge on any atom is -0.497 e. The van der Waals surface area contributed by atoms with Gasteiger partial charge < -0.3 is 15.2 Å². The Bertz CT molecular complexity index is 921. The minimum absolute atomic E-state index is 0.0718. The molecule has 5 heteroatoms. The molecule has 0 unspecified atom stereocenters. The first-order valence-corrected chi connectivity index (χ1v) is 8.22. The molecule has 5 nitrogen and oxygen atoms in total. The number of ether oxygens (including phenoxy) is 1. The van der Waals surface area contributed by atoms with Gasteiger partial charge in [0.1, 0.15) is 5.75 Å². The number of methoxy groups -OCH3 is 1. The molecule has 0 spiro atoms. The Hall–Kier alpha value is -3.18. The highest BCUT2D eigenvalue weighted by Gasteiger charge is 2.10. The van der Waals surface area contributed by atoms with Crippen LogP contribution < -0.4 is 10.1 Å². The van der Waals surface area contributed by atoms with Crippen molar-refractivity contribution in [1.82, 2.24) is 4.98 Å². The number of benzene rings is 2. The summed E-state index contributed by atoms with van der Waals surface area (Å²) in [5.41, 5.74) is 4.61. The van der Waals surface area contributed by atoms with Gasteiger partial charge in [0, 0.05) is 23.6 Å². The summed E-state index contributed by atoms with van der Waals surface area (Å²) in [6, 6.07) is 14.9. The number of aryl methyl sites for hydroxylation is 1. The van der Waals surface area contributed by atoms with E-state index in [1.165, 1.54) is 6.20 Å². The van der Waals surface area contributed by atoms with Crippen molar-refractivity contribution < 1.29 is 14.6 Å². The van der Waals surface area contributed by atoms with E-state index in [2.05, 4.69) is 10.3 Å². The maximum atomic E-state index is 12.6. The Morgan fingerprint density at radius 3 is 2.54 bits per heavy atom. The van der Waals surface area contributed by atoms with E-state index in [4.69, 9.17) is 4.74 Å². The van der Waals surface area contributed by atoms with E-state index in [9.17, 15) is 9.90 Å². The van der Waals surface area contributed by atoms with Crippen molar-refractivity contribution in [2.75, 3.05) is 12.4 Å². The standard InChI is InChI=1S/C21H20N2O3/c1-14-3-4-15(13-24)9-20(14)23-21(25)18-10-17(11-22-12-18)16-5-7-19(26-2)8-6-16/h3-12,24H,13H2,1-2H3,(H,23,25). The second-order valence-corrected chi connectivity index (χ2v) is 5.95. The number of carbonyl (C=O) groups excluding carboxylic acids is 1. The van der Waals surface area contributed by atoms with Crippen LogP contribution >= 0.6 is 0 Å². The van der Waals surface area contributed by atoms with Gasteiger partial charge >= 0.3 is 0 Å². The highest BCUT2D eigenvalue weighted by molar-refractivity contribution is 6.05. The van der Waals surface area contributed by atoms with Crippen molar-refractivity contribution in [1.29, 1.82) is 0 Å². The molecule has 0 radical (unpaired) electrons. The van der Waals surface area contributed by atoms with Crippen LogP contribution in [-0.4, -0.2) is 23.1 Å². The first kappa shape index (κ1) is 17.6. The molecule has 2 N–H and O–H groups in total. The van der Waals surface area contributed by atoms with E-state index >= 15 is 0 Å². The summed E-state index contributed by atoms with van der Waals surface area (Å²) in [5, 5.41) is 12.2. The van der Waals surface area contributed by atoms with Gasteiger partial charge in [-0.2, -0.15) is 0 Å². The van der Waals surface area contributed by atoms with Gasteiger partial charge in [-0.3, -0.25) is 9.78 Å². The summed E-state index contributed by atoms with van der Waals surface area (Å²) in [7, 11) is 1.62. The molecule has 0 aliphatic rings. The number of aliphatic hydroxyl groups is 1. The van der Waals surface area contributed by atoms with Crippen LogP contribution in [0.4, 0.5) is 5.69 Å². The third-order valence-corrected chi connectivity index (χ3v) is 4.16. The Balaban J connectivity index is 1.84. The lowest BCUT2D eigenvalue weighted by Crippen LogP contribution is -2.13. The van der Waals surface area contributed by atoms with Crippen LogP contribution in [0, 0.1) is 6.92 Å². The molecule has 0 fully saturated rings. The molecule has 0 aliphatic heterocycles. The van der Waals surface area contributed by atoms with Gasteiger partial charge in [-0.15, -0.1) is 0 Å². The normalized spacial score (nSPS) is 10.4. The maximum Gasteiger partial charge on any atom is 0.257 e. The zero-order valence-electron chi connectivity index (χ0n) is 14.7. The second-order valence-electron chi connectivity index (χ2n) is 5.95. The topological polar surface area (TPSA) is 71.5 Å². The van der Waals surface area contributed by atoms with Crippen LogP contribution in [0.2, 0.25) is 0 Å². The zero-order chi connectivity index (χ0) is 18.5. The second kappa shape index (κ2) is 7.80. The molecule has 2 aromatic carbocycles. The van der Waals surface area contributed by atoms with Crippen molar-refractivity contribution >= 4 is 11.6 Å². The maximum absolute atomic E-state index is 12.6. The predicted molar refractivity (Wildman–Crippen MR) is 101 cm³/mol. The molecule has 0 bridgehead atoms. The van der Waals surface area contributed by atoms with E-state index in [0.717, 1.165) is 28.0 Å². The Morgan fingerprint density at radius 1 is 1.08 bits per heavy atom. The van der Waals surface area contributed by atoms with Gasteiger partial charge in [0.25, 0.3) is 5.91 Å². The molecule has 3 rings (SSSR count). The monoisotopic (exact) mass is 348 g/mol. The smallest absolute Gasteiger partial charge is 0.257 e. The molecule has 132 valence electrons. The molecule has 1 heterocycles. The van der Waals surface area contributed by atoms with Crippen LogP contribution in [0.25, 0.3) is 11.1 Å². The molecule has 0 atom stereocenters. The first-order chi connectivity index (χ1) is 12.6. The van der Waals surface area contributed by atoms with Gasteiger partial charge in [-0.25, -0.2) is 0 Å². The van der Waals surface area contributed by atoms with Crippen LogP contribution in [0.1, 0.15) is 21.5 Å². The van der Waals surface area contributed by atoms with Gasteiger partial charge in [-0.1, -0.05) is 24.3 Å². The van der Waals surface area contributed by atoms with Crippen LogP contribution in [0.3, 0.4) is 0 Å². The number of amides is 1. The van der Waals surface area contributed by atoms with E-state index in [0.29, 0.717) is 11.3 Å². The van der Waals surface area contributed by atoms with Crippen molar-refractivity contribution in [2.45, 2.75) is 13.5 Å². The number of carbonyl (C=O) groups is 1. The third kappa shape index (κ3) is 3.90. The number of hydrogen-bond donors (Lipinski definition) is 2. The largest absolute Gasteiger partial charge is 0.497 e. The molecule has 3 aromatic rings.